The van der Waals surface area contributed by atoms with Gasteiger partial charge in [-0.05, 0) is 57.8 Å². The topological polar surface area (TPSA) is 0 Å². The Morgan fingerprint density at radius 2 is 1.78 bits per heavy atom. The summed E-state index contributed by atoms with van der Waals surface area (Å²) in [6.07, 6.45) is 2.37. The highest BCUT2D eigenvalue weighted by Gasteiger charge is 2.10. The summed E-state index contributed by atoms with van der Waals surface area (Å²) in [5, 5.41) is 0. The SMILES string of the molecule is CCCc1ccc(C(Br)c2cccc(I)c2)cc1. The van der Waals surface area contributed by atoms with Crippen molar-refractivity contribution < 1.29 is 0 Å². The van der Waals surface area contributed by atoms with Crippen molar-refractivity contribution in [2.75, 3.05) is 0 Å². The lowest BCUT2D eigenvalue weighted by molar-refractivity contribution is 0.920. The van der Waals surface area contributed by atoms with Gasteiger partial charge in [-0.2, -0.15) is 0 Å². The molecular weight excluding hydrogens is 399 g/mol. The van der Waals surface area contributed by atoms with Crippen molar-refractivity contribution >= 4 is 38.5 Å². The van der Waals surface area contributed by atoms with Crippen molar-refractivity contribution in [3.63, 3.8) is 0 Å². The van der Waals surface area contributed by atoms with Crippen LogP contribution in [0.3, 0.4) is 0 Å². The number of halogens is 2. The van der Waals surface area contributed by atoms with E-state index in [0.29, 0.717) is 0 Å². The van der Waals surface area contributed by atoms with E-state index in [4.69, 9.17) is 0 Å². The molecule has 0 heterocycles. The van der Waals surface area contributed by atoms with E-state index in [9.17, 15) is 0 Å². The second kappa shape index (κ2) is 6.71. The van der Waals surface area contributed by atoms with Crippen LogP contribution >= 0.6 is 38.5 Å². The fraction of sp³-hybridized carbons (Fsp3) is 0.250. The van der Waals surface area contributed by atoms with Crippen LogP contribution in [0.4, 0.5) is 0 Å². The standard InChI is InChI=1S/C16H16BrI/c1-2-4-12-7-9-13(10-8-12)16(17)14-5-3-6-15(18)11-14/h3,5-11,16H,2,4H2,1H3. The van der Waals surface area contributed by atoms with Gasteiger partial charge in [0.05, 0.1) is 4.83 Å². The number of hydrogen-bond acceptors (Lipinski definition) is 0. The van der Waals surface area contributed by atoms with Gasteiger partial charge in [0.15, 0.2) is 0 Å². The molecule has 0 aliphatic heterocycles. The van der Waals surface area contributed by atoms with E-state index < -0.39 is 0 Å². The van der Waals surface area contributed by atoms with Gasteiger partial charge in [0.25, 0.3) is 0 Å². The molecule has 0 bridgehead atoms. The zero-order chi connectivity index (χ0) is 13.0. The summed E-state index contributed by atoms with van der Waals surface area (Å²) in [4.78, 5) is 0.280. The van der Waals surface area contributed by atoms with Gasteiger partial charge < -0.3 is 0 Å². The van der Waals surface area contributed by atoms with Gasteiger partial charge >= 0.3 is 0 Å². The van der Waals surface area contributed by atoms with Crippen LogP contribution in [0.25, 0.3) is 0 Å². The number of aryl methyl sites for hydroxylation is 1. The molecule has 0 amide bonds. The van der Waals surface area contributed by atoms with E-state index in [1.54, 1.807) is 0 Å². The molecule has 2 aromatic carbocycles. The summed E-state index contributed by atoms with van der Waals surface area (Å²) >= 11 is 6.14. The Balaban J connectivity index is 2.20. The lowest BCUT2D eigenvalue weighted by atomic mass is 10.0. The maximum Gasteiger partial charge on any atom is 0.0645 e. The first-order valence-electron chi connectivity index (χ1n) is 6.19. The summed E-state index contributed by atoms with van der Waals surface area (Å²) in [6.45, 7) is 2.22. The highest BCUT2D eigenvalue weighted by Crippen LogP contribution is 2.31. The van der Waals surface area contributed by atoms with Crippen molar-refractivity contribution in [2.45, 2.75) is 24.6 Å². The zero-order valence-corrected chi connectivity index (χ0v) is 14.1. The van der Waals surface area contributed by atoms with Crippen molar-refractivity contribution in [1.82, 2.24) is 0 Å². The molecule has 0 aliphatic rings. The molecule has 0 saturated heterocycles. The highest BCUT2D eigenvalue weighted by molar-refractivity contribution is 14.1. The molecule has 94 valence electrons. The molecule has 2 heteroatoms. The van der Waals surface area contributed by atoms with E-state index in [-0.39, 0.29) is 4.83 Å². The third-order valence-corrected chi connectivity index (χ3v) is 4.68. The van der Waals surface area contributed by atoms with Crippen molar-refractivity contribution in [3.05, 3.63) is 68.8 Å². The Morgan fingerprint density at radius 1 is 1.06 bits per heavy atom. The summed E-state index contributed by atoms with van der Waals surface area (Å²) in [5.41, 5.74) is 4.05. The average Bonchev–Trinajstić information content (AvgIpc) is 2.39. The minimum absolute atomic E-state index is 0.280. The van der Waals surface area contributed by atoms with E-state index in [1.165, 1.54) is 26.7 Å². The highest BCUT2D eigenvalue weighted by atomic mass is 127. The van der Waals surface area contributed by atoms with Gasteiger partial charge in [-0.1, -0.05) is 65.7 Å². The average molecular weight is 415 g/mol. The lowest BCUT2D eigenvalue weighted by Gasteiger charge is -2.12. The van der Waals surface area contributed by atoms with Gasteiger partial charge in [0.2, 0.25) is 0 Å². The molecule has 2 rings (SSSR count). The van der Waals surface area contributed by atoms with E-state index in [2.05, 4.69) is 94.0 Å². The molecule has 18 heavy (non-hydrogen) atoms. The first-order valence-corrected chi connectivity index (χ1v) is 8.18. The number of hydrogen-bond donors (Lipinski definition) is 0. The third-order valence-electron chi connectivity index (χ3n) is 2.95. The van der Waals surface area contributed by atoms with Gasteiger partial charge in [-0.3, -0.25) is 0 Å². The number of rotatable bonds is 4. The lowest BCUT2D eigenvalue weighted by Crippen LogP contribution is -1.94. The minimum atomic E-state index is 0.280. The monoisotopic (exact) mass is 414 g/mol. The molecular formula is C16H16BrI. The third kappa shape index (κ3) is 3.58. The molecule has 0 fully saturated rings. The first kappa shape index (κ1) is 14.1. The Hall–Kier alpha value is -0.350. The van der Waals surface area contributed by atoms with Crippen molar-refractivity contribution in [3.8, 4) is 0 Å². The Bertz CT molecular complexity index is 505. The molecule has 1 atom stereocenters. The van der Waals surface area contributed by atoms with Gasteiger partial charge in [-0.15, -0.1) is 0 Å². The zero-order valence-electron chi connectivity index (χ0n) is 10.4. The van der Waals surface area contributed by atoms with Gasteiger partial charge in [0.1, 0.15) is 0 Å². The van der Waals surface area contributed by atoms with Crippen molar-refractivity contribution in [2.24, 2.45) is 0 Å². The van der Waals surface area contributed by atoms with Crippen LogP contribution in [0.1, 0.15) is 34.9 Å². The minimum Gasteiger partial charge on any atom is -0.0786 e. The van der Waals surface area contributed by atoms with Crippen LogP contribution in [0, 0.1) is 3.57 Å². The van der Waals surface area contributed by atoms with Crippen LogP contribution in [0.2, 0.25) is 0 Å². The van der Waals surface area contributed by atoms with Crippen LogP contribution in [0.5, 0.6) is 0 Å². The molecule has 0 aliphatic carbocycles. The molecule has 0 saturated carbocycles. The Morgan fingerprint density at radius 3 is 2.39 bits per heavy atom. The smallest absolute Gasteiger partial charge is 0.0645 e. The molecule has 0 N–H and O–H groups in total. The molecule has 0 aromatic heterocycles. The number of benzene rings is 2. The molecule has 0 radical (unpaired) electrons. The fourth-order valence-electron chi connectivity index (χ4n) is 2.00. The Labute approximate surface area is 131 Å². The largest absolute Gasteiger partial charge is 0.0786 e. The predicted octanol–water partition coefficient (Wildman–Crippen LogP) is 5.73. The fourth-order valence-corrected chi connectivity index (χ4v) is 3.16. The van der Waals surface area contributed by atoms with Crippen LogP contribution < -0.4 is 0 Å². The van der Waals surface area contributed by atoms with E-state index >= 15 is 0 Å². The van der Waals surface area contributed by atoms with Gasteiger partial charge in [-0.25, -0.2) is 0 Å². The second-order valence-corrected chi connectivity index (χ2v) is 6.57. The molecule has 1 unspecified atom stereocenters. The molecule has 0 spiro atoms. The van der Waals surface area contributed by atoms with Crippen LogP contribution in [-0.2, 0) is 6.42 Å². The maximum absolute atomic E-state index is 3.79. The predicted molar refractivity (Wildman–Crippen MR) is 90.4 cm³/mol. The molecule has 0 nitrogen and oxygen atoms in total. The van der Waals surface area contributed by atoms with E-state index in [0.717, 1.165) is 6.42 Å². The summed E-state index contributed by atoms with van der Waals surface area (Å²) in [5.74, 6) is 0. The summed E-state index contributed by atoms with van der Waals surface area (Å²) < 4.78 is 1.28. The molecule has 2 aromatic rings. The normalized spacial score (nSPS) is 12.4. The summed E-state index contributed by atoms with van der Waals surface area (Å²) in [7, 11) is 0. The van der Waals surface area contributed by atoms with E-state index in [1.807, 2.05) is 0 Å². The van der Waals surface area contributed by atoms with Crippen LogP contribution in [0.15, 0.2) is 48.5 Å². The quantitative estimate of drug-likeness (QED) is 0.442. The van der Waals surface area contributed by atoms with Crippen molar-refractivity contribution in [1.29, 1.82) is 0 Å². The Kier molecular flexibility index (Phi) is 5.25. The number of alkyl halides is 1. The van der Waals surface area contributed by atoms with Crippen LogP contribution in [-0.4, -0.2) is 0 Å². The summed E-state index contributed by atoms with van der Waals surface area (Å²) in [6, 6.07) is 17.5. The van der Waals surface area contributed by atoms with Gasteiger partial charge in [0, 0.05) is 3.57 Å². The maximum atomic E-state index is 3.79. The first-order chi connectivity index (χ1) is 8.70. The second-order valence-electron chi connectivity index (χ2n) is 4.41.